The molecule has 0 unspecified atom stereocenters. The van der Waals surface area contributed by atoms with Crippen LogP contribution in [0.1, 0.15) is 87.9 Å². The fourth-order valence-electron chi connectivity index (χ4n) is 3.27. The van der Waals surface area contributed by atoms with E-state index in [9.17, 15) is 22.8 Å². The molecule has 174 valence electrons. The van der Waals surface area contributed by atoms with Crippen LogP contribution in [0.4, 0.5) is 18.9 Å². The second-order valence-electron chi connectivity index (χ2n) is 7.65. The zero-order valence-corrected chi connectivity index (χ0v) is 19.0. The highest BCUT2D eigenvalue weighted by Gasteiger charge is 2.42. The van der Waals surface area contributed by atoms with Gasteiger partial charge in [0.15, 0.2) is 0 Å². The molecular formula is C24H33ClF3NO2. The maximum absolute atomic E-state index is 13.0. The first-order valence-corrected chi connectivity index (χ1v) is 11.5. The summed E-state index contributed by atoms with van der Waals surface area (Å²) in [6.07, 6.45) is 11.1. The van der Waals surface area contributed by atoms with Crippen molar-refractivity contribution in [1.82, 2.24) is 0 Å². The SMILES string of the molecule is CCCCCCCCCCC=CCCCN(C(=O)C(F)(F)F)c1ccc(C(=O)Cl)cc1. The maximum atomic E-state index is 13.0. The van der Waals surface area contributed by atoms with Crippen molar-refractivity contribution in [2.24, 2.45) is 0 Å². The van der Waals surface area contributed by atoms with Gasteiger partial charge in [0, 0.05) is 17.8 Å². The first-order chi connectivity index (χ1) is 14.8. The minimum atomic E-state index is -4.96. The third-order valence-corrected chi connectivity index (χ3v) is 5.26. The Hall–Kier alpha value is -1.82. The van der Waals surface area contributed by atoms with Gasteiger partial charge in [0.1, 0.15) is 0 Å². The normalized spacial score (nSPS) is 11.8. The van der Waals surface area contributed by atoms with Gasteiger partial charge in [-0.1, -0.05) is 64.0 Å². The number of amides is 1. The molecule has 0 saturated carbocycles. The molecule has 31 heavy (non-hydrogen) atoms. The number of anilines is 1. The lowest BCUT2D eigenvalue weighted by Gasteiger charge is -2.23. The predicted octanol–water partition coefficient (Wildman–Crippen LogP) is 7.83. The summed E-state index contributed by atoms with van der Waals surface area (Å²) in [6, 6.07) is 5.23. The molecule has 0 aromatic heterocycles. The first kappa shape index (κ1) is 27.2. The topological polar surface area (TPSA) is 37.4 Å². The molecule has 1 aromatic carbocycles. The molecule has 3 nitrogen and oxygen atoms in total. The average molecular weight is 460 g/mol. The van der Waals surface area contributed by atoms with Gasteiger partial charge in [0.05, 0.1) is 0 Å². The number of carbonyl (C=O) groups excluding carboxylic acids is 2. The van der Waals surface area contributed by atoms with E-state index in [2.05, 4.69) is 13.0 Å². The molecule has 0 bridgehead atoms. The van der Waals surface area contributed by atoms with Crippen molar-refractivity contribution in [1.29, 1.82) is 0 Å². The molecule has 7 heteroatoms. The Morgan fingerprint density at radius 1 is 0.871 bits per heavy atom. The minimum Gasteiger partial charge on any atom is -0.305 e. The zero-order valence-electron chi connectivity index (χ0n) is 18.2. The van der Waals surface area contributed by atoms with Crippen molar-refractivity contribution in [3.05, 3.63) is 42.0 Å². The van der Waals surface area contributed by atoms with Gasteiger partial charge in [-0.15, -0.1) is 0 Å². The molecular weight excluding hydrogens is 427 g/mol. The van der Waals surface area contributed by atoms with Crippen LogP contribution in [0.2, 0.25) is 0 Å². The van der Waals surface area contributed by atoms with Gasteiger partial charge in [-0.25, -0.2) is 0 Å². The molecule has 0 aliphatic carbocycles. The van der Waals surface area contributed by atoms with Crippen molar-refractivity contribution in [3.8, 4) is 0 Å². The van der Waals surface area contributed by atoms with Crippen LogP contribution in [-0.2, 0) is 4.79 Å². The number of hydrogen-bond donors (Lipinski definition) is 0. The Bertz CT molecular complexity index is 687. The third kappa shape index (κ3) is 11.4. The van der Waals surface area contributed by atoms with Gasteiger partial charge in [-0.05, 0) is 61.5 Å². The molecule has 0 heterocycles. The summed E-state index contributed by atoms with van der Waals surface area (Å²) in [5.41, 5.74) is 0.251. The van der Waals surface area contributed by atoms with Crippen molar-refractivity contribution in [3.63, 3.8) is 0 Å². The van der Waals surface area contributed by atoms with E-state index in [4.69, 9.17) is 11.6 Å². The Morgan fingerprint density at radius 3 is 1.90 bits per heavy atom. The van der Waals surface area contributed by atoms with E-state index in [1.54, 1.807) is 0 Å². The average Bonchev–Trinajstić information content (AvgIpc) is 2.73. The molecule has 0 radical (unpaired) electrons. The van der Waals surface area contributed by atoms with Crippen LogP contribution in [0.15, 0.2) is 36.4 Å². The second-order valence-corrected chi connectivity index (χ2v) is 8.00. The molecule has 0 N–H and O–H groups in total. The quantitative estimate of drug-likeness (QED) is 0.152. The van der Waals surface area contributed by atoms with Gasteiger partial charge in [-0.2, -0.15) is 13.2 Å². The lowest BCUT2D eigenvalue weighted by molar-refractivity contribution is -0.170. The predicted molar refractivity (Wildman–Crippen MR) is 121 cm³/mol. The Kier molecular flexibility index (Phi) is 13.2. The maximum Gasteiger partial charge on any atom is 0.471 e. The Morgan fingerprint density at radius 2 is 1.39 bits per heavy atom. The van der Waals surface area contributed by atoms with Gasteiger partial charge in [-0.3, -0.25) is 9.59 Å². The van der Waals surface area contributed by atoms with E-state index in [1.165, 1.54) is 69.2 Å². The fourth-order valence-corrected chi connectivity index (χ4v) is 3.40. The van der Waals surface area contributed by atoms with E-state index in [-0.39, 0.29) is 17.8 Å². The van der Waals surface area contributed by atoms with E-state index >= 15 is 0 Å². The van der Waals surface area contributed by atoms with Gasteiger partial charge in [0.25, 0.3) is 5.24 Å². The summed E-state index contributed by atoms with van der Waals surface area (Å²) in [5, 5.41) is -0.707. The molecule has 0 saturated heterocycles. The van der Waals surface area contributed by atoms with E-state index in [1.807, 2.05) is 6.08 Å². The van der Waals surface area contributed by atoms with Gasteiger partial charge < -0.3 is 4.90 Å². The molecule has 1 amide bonds. The summed E-state index contributed by atoms with van der Waals surface area (Å²) >= 11 is 5.36. The Labute approximate surface area is 188 Å². The molecule has 0 aliphatic rings. The molecule has 1 rings (SSSR count). The van der Waals surface area contributed by atoms with Gasteiger partial charge >= 0.3 is 12.1 Å². The fraction of sp³-hybridized carbons (Fsp3) is 0.583. The second kappa shape index (κ2) is 15.1. The minimum absolute atomic E-state index is 0.0609. The van der Waals surface area contributed by atoms with E-state index in [0.717, 1.165) is 12.8 Å². The lowest BCUT2D eigenvalue weighted by atomic mass is 10.1. The molecule has 0 fully saturated rings. The van der Waals surface area contributed by atoms with E-state index < -0.39 is 17.3 Å². The van der Waals surface area contributed by atoms with Crippen LogP contribution >= 0.6 is 11.6 Å². The number of hydrogen-bond acceptors (Lipinski definition) is 2. The Balaban J connectivity index is 2.40. The summed E-state index contributed by atoms with van der Waals surface area (Å²) in [5.74, 6) is -1.92. The lowest BCUT2D eigenvalue weighted by Crippen LogP contribution is -2.41. The van der Waals surface area contributed by atoms with E-state index in [0.29, 0.717) is 17.7 Å². The van der Waals surface area contributed by atoms with Crippen LogP contribution in [-0.4, -0.2) is 23.9 Å². The van der Waals surface area contributed by atoms with Crippen molar-refractivity contribution in [2.45, 2.75) is 83.7 Å². The molecule has 0 spiro atoms. The number of unbranched alkanes of at least 4 members (excludes halogenated alkanes) is 9. The number of nitrogens with zero attached hydrogens (tertiary/aromatic N) is 1. The van der Waals surface area contributed by atoms with Crippen LogP contribution in [0.3, 0.4) is 0 Å². The van der Waals surface area contributed by atoms with Gasteiger partial charge in [0.2, 0.25) is 0 Å². The molecule has 0 atom stereocenters. The summed E-state index contributed by atoms with van der Waals surface area (Å²) in [7, 11) is 0. The number of rotatable bonds is 15. The largest absolute Gasteiger partial charge is 0.471 e. The smallest absolute Gasteiger partial charge is 0.305 e. The molecule has 1 aromatic rings. The number of alkyl halides is 3. The van der Waals surface area contributed by atoms with Crippen LogP contribution in [0, 0.1) is 0 Å². The highest BCUT2D eigenvalue weighted by molar-refractivity contribution is 6.67. The van der Waals surface area contributed by atoms with Crippen LogP contribution in [0.5, 0.6) is 0 Å². The van der Waals surface area contributed by atoms with Crippen molar-refractivity contribution < 1.29 is 22.8 Å². The number of carbonyl (C=O) groups is 2. The number of halogens is 4. The zero-order chi connectivity index (χ0) is 23.1. The summed E-state index contributed by atoms with van der Waals surface area (Å²) < 4.78 is 38.9. The third-order valence-electron chi connectivity index (χ3n) is 5.04. The van der Waals surface area contributed by atoms with Crippen LogP contribution in [0.25, 0.3) is 0 Å². The van der Waals surface area contributed by atoms with Crippen molar-refractivity contribution >= 4 is 28.4 Å². The summed E-state index contributed by atoms with van der Waals surface area (Å²) in [4.78, 5) is 23.7. The first-order valence-electron chi connectivity index (χ1n) is 11.1. The highest BCUT2D eigenvalue weighted by atomic mass is 35.5. The standard InChI is InChI=1S/C24H33ClF3NO2/c1-2-3-4-5-6-7-8-9-10-11-12-13-14-19-29(23(31)24(26,27)28)21-17-15-20(16-18-21)22(25)30/h11-12,15-18H,2-10,13-14,19H2,1H3. The number of allylic oxidation sites excluding steroid dienone is 2. The number of benzene rings is 1. The highest BCUT2D eigenvalue weighted by Crippen LogP contribution is 2.25. The molecule has 0 aliphatic heterocycles. The monoisotopic (exact) mass is 459 g/mol. The van der Waals surface area contributed by atoms with Crippen molar-refractivity contribution in [2.75, 3.05) is 11.4 Å². The summed E-state index contributed by atoms with van der Waals surface area (Å²) in [6.45, 7) is 2.15. The van der Waals surface area contributed by atoms with Crippen LogP contribution < -0.4 is 4.90 Å².